The molecule has 0 radical (unpaired) electrons. The van der Waals surface area contributed by atoms with Gasteiger partial charge in [-0.2, -0.15) is 0 Å². The van der Waals surface area contributed by atoms with Crippen molar-refractivity contribution in [3.63, 3.8) is 0 Å². The van der Waals surface area contributed by atoms with E-state index in [-0.39, 0.29) is 18.6 Å². The monoisotopic (exact) mass is 317 g/mol. The van der Waals surface area contributed by atoms with Crippen molar-refractivity contribution in [3.05, 3.63) is 65.2 Å². The summed E-state index contributed by atoms with van der Waals surface area (Å²) in [5.41, 5.74) is 1.28. The normalized spacial score (nSPS) is 11.7. The van der Waals surface area contributed by atoms with Crippen LogP contribution in [0.15, 0.2) is 54.6 Å². The molecule has 1 N–H and O–H groups in total. The standard InChI is InChI=1S/C18H20ClNO2/c1-14(7-8-15-5-3-2-4-6-15)20-18(21)13-22-17-11-9-16(19)10-12-17/h2-6,9-12,14H,7-8,13H2,1H3,(H,20,21)/t14-/m1/s1. The van der Waals surface area contributed by atoms with Crippen LogP contribution in [0, 0.1) is 0 Å². The maximum atomic E-state index is 11.8. The first kappa shape index (κ1) is 16.4. The molecule has 3 nitrogen and oxygen atoms in total. The second-order valence-electron chi connectivity index (χ2n) is 5.24. The minimum Gasteiger partial charge on any atom is -0.484 e. The predicted octanol–water partition coefficient (Wildman–Crippen LogP) is 3.86. The summed E-state index contributed by atoms with van der Waals surface area (Å²) in [4.78, 5) is 11.8. The molecule has 0 heterocycles. The van der Waals surface area contributed by atoms with E-state index in [1.807, 2.05) is 25.1 Å². The maximum absolute atomic E-state index is 11.8. The van der Waals surface area contributed by atoms with Crippen LogP contribution in [0.25, 0.3) is 0 Å². The molecular weight excluding hydrogens is 298 g/mol. The molecule has 0 unspecified atom stereocenters. The number of hydrogen-bond acceptors (Lipinski definition) is 2. The maximum Gasteiger partial charge on any atom is 0.258 e. The highest BCUT2D eigenvalue weighted by Gasteiger charge is 2.08. The van der Waals surface area contributed by atoms with Crippen molar-refractivity contribution in [2.75, 3.05) is 6.61 Å². The molecule has 22 heavy (non-hydrogen) atoms. The van der Waals surface area contributed by atoms with Crippen molar-refractivity contribution < 1.29 is 9.53 Å². The molecule has 0 aliphatic rings. The Balaban J connectivity index is 1.68. The van der Waals surface area contributed by atoms with Crippen molar-refractivity contribution in [2.45, 2.75) is 25.8 Å². The van der Waals surface area contributed by atoms with Crippen LogP contribution in [0.1, 0.15) is 18.9 Å². The van der Waals surface area contributed by atoms with Crippen molar-refractivity contribution in [1.29, 1.82) is 0 Å². The highest BCUT2D eigenvalue weighted by molar-refractivity contribution is 6.30. The Morgan fingerprint density at radius 2 is 1.82 bits per heavy atom. The quantitative estimate of drug-likeness (QED) is 0.842. The summed E-state index contributed by atoms with van der Waals surface area (Å²) in [7, 11) is 0. The number of hydrogen-bond donors (Lipinski definition) is 1. The molecule has 0 bridgehead atoms. The van der Waals surface area contributed by atoms with Gasteiger partial charge in [0.2, 0.25) is 0 Å². The van der Waals surface area contributed by atoms with Gasteiger partial charge in [-0.1, -0.05) is 41.9 Å². The van der Waals surface area contributed by atoms with Gasteiger partial charge in [-0.15, -0.1) is 0 Å². The lowest BCUT2D eigenvalue weighted by molar-refractivity contribution is -0.123. The van der Waals surface area contributed by atoms with E-state index in [1.165, 1.54) is 5.56 Å². The summed E-state index contributed by atoms with van der Waals surface area (Å²) in [6.07, 6.45) is 1.84. The number of nitrogens with one attached hydrogen (secondary N) is 1. The van der Waals surface area contributed by atoms with E-state index >= 15 is 0 Å². The molecule has 2 aromatic carbocycles. The number of aryl methyl sites for hydroxylation is 1. The topological polar surface area (TPSA) is 38.3 Å². The summed E-state index contributed by atoms with van der Waals surface area (Å²) in [5, 5.41) is 3.59. The van der Waals surface area contributed by atoms with Gasteiger partial charge < -0.3 is 10.1 Å². The molecule has 0 aromatic heterocycles. The number of carbonyl (C=O) groups is 1. The van der Waals surface area contributed by atoms with E-state index in [9.17, 15) is 4.79 Å². The average Bonchev–Trinajstić information content (AvgIpc) is 2.53. The third-order valence-corrected chi connectivity index (χ3v) is 3.55. The Morgan fingerprint density at radius 3 is 2.50 bits per heavy atom. The Labute approximate surface area is 136 Å². The highest BCUT2D eigenvalue weighted by Crippen LogP contribution is 2.15. The van der Waals surface area contributed by atoms with Crippen molar-refractivity contribution in [1.82, 2.24) is 5.32 Å². The van der Waals surface area contributed by atoms with Crippen molar-refractivity contribution in [2.24, 2.45) is 0 Å². The van der Waals surface area contributed by atoms with E-state index in [1.54, 1.807) is 24.3 Å². The molecule has 0 fully saturated rings. The van der Waals surface area contributed by atoms with Gasteiger partial charge in [0.25, 0.3) is 5.91 Å². The molecule has 0 spiro atoms. The summed E-state index contributed by atoms with van der Waals surface area (Å²) in [6.45, 7) is 2.01. The fraction of sp³-hybridized carbons (Fsp3) is 0.278. The number of halogens is 1. The van der Waals surface area contributed by atoms with Crippen LogP contribution in [-0.4, -0.2) is 18.6 Å². The van der Waals surface area contributed by atoms with Crippen LogP contribution >= 0.6 is 11.6 Å². The van der Waals surface area contributed by atoms with E-state index in [0.29, 0.717) is 10.8 Å². The number of amides is 1. The van der Waals surface area contributed by atoms with Crippen LogP contribution in [0.3, 0.4) is 0 Å². The smallest absolute Gasteiger partial charge is 0.258 e. The molecule has 116 valence electrons. The number of ether oxygens (including phenoxy) is 1. The van der Waals surface area contributed by atoms with Crippen LogP contribution in [0.5, 0.6) is 5.75 Å². The minimum atomic E-state index is -0.115. The zero-order valence-corrected chi connectivity index (χ0v) is 13.3. The molecule has 4 heteroatoms. The molecule has 2 rings (SSSR count). The third-order valence-electron chi connectivity index (χ3n) is 3.30. The van der Waals surface area contributed by atoms with Gasteiger partial charge in [0.05, 0.1) is 0 Å². The zero-order chi connectivity index (χ0) is 15.8. The second kappa shape index (κ2) is 8.44. The lowest BCUT2D eigenvalue weighted by Crippen LogP contribution is -2.36. The van der Waals surface area contributed by atoms with Gasteiger partial charge in [0.15, 0.2) is 6.61 Å². The van der Waals surface area contributed by atoms with Gasteiger partial charge in [-0.3, -0.25) is 4.79 Å². The Bertz CT molecular complexity index is 584. The lowest BCUT2D eigenvalue weighted by Gasteiger charge is -2.14. The fourth-order valence-corrected chi connectivity index (χ4v) is 2.22. The highest BCUT2D eigenvalue weighted by atomic mass is 35.5. The zero-order valence-electron chi connectivity index (χ0n) is 12.6. The molecule has 0 aliphatic carbocycles. The van der Waals surface area contributed by atoms with Crippen molar-refractivity contribution >= 4 is 17.5 Å². The Morgan fingerprint density at radius 1 is 1.14 bits per heavy atom. The fourth-order valence-electron chi connectivity index (χ4n) is 2.10. The van der Waals surface area contributed by atoms with Crippen LogP contribution < -0.4 is 10.1 Å². The van der Waals surface area contributed by atoms with Gasteiger partial charge in [-0.05, 0) is 49.6 Å². The summed E-state index contributed by atoms with van der Waals surface area (Å²) >= 11 is 5.79. The van der Waals surface area contributed by atoms with Gasteiger partial charge >= 0.3 is 0 Å². The lowest BCUT2D eigenvalue weighted by atomic mass is 10.1. The molecule has 0 saturated heterocycles. The first-order chi connectivity index (χ1) is 10.6. The first-order valence-corrected chi connectivity index (χ1v) is 7.73. The number of rotatable bonds is 7. The van der Waals surface area contributed by atoms with E-state index in [0.717, 1.165) is 12.8 Å². The first-order valence-electron chi connectivity index (χ1n) is 7.35. The minimum absolute atomic E-state index is 0.0112. The molecule has 1 amide bonds. The van der Waals surface area contributed by atoms with Crippen LogP contribution in [-0.2, 0) is 11.2 Å². The van der Waals surface area contributed by atoms with Crippen LogP contribution in [0.2, 0.25) is 5.02 Å². The Hall–Kier alpha value is -2.00. The van der Waals surface area contributed by atoms with E-state index in [4.69, 9.17) is 16.3 Å². The summed E-state index contributed by atoms with van der Waals surface area (Å²) in [6, 6.07) is 17.3. The number of benzene rings is 2. The molecule has 0 aliphatic heterocycles. The van der Waals surface area contributed by atoms with Gasteiger partial charge in [0.1, 0.15) is 5.75 Å². The average molecular weight is 318 g/mol. The molecular formula is C18H20ClNO2. The van der Waals surface area contributed by atoms with Crippen molar-refractivity contribution in [3.8, 4) is 5.75 Å². The summed E-state index contributed by atoms with van der Waals surface area (Å²) < 4.78 is 5.42. The predicted molar refractivity (Wildman–Crippen MR) is 89.3 cm³/mol. The van der Waals surface area contributed by atoms with Crippen LogP contribution in [0.4, 0.5) is 0 Å². The number of carbonyl (C=O) groups excluding carboxylic acids is 1. The largest absolute Gasteiger partial charge is 0.484 e. The van der Waals surface area contributed by atoms with Gasteiger partial charge in [0, 0.05) is 11.1 Å². The second-order valence-corrected chi connectivity index (χ2v) is 5.67. The molecule has 2 aromatic rings. The third kappa shape index (κ3) is 5.78. The summed E-state index contributed by atoms with van der Waals surface area (Å²) in [5.74, 6) is 0.520. The molecule has 0 saturated carbocycles. The van der Waals surface area contributed by atoms with E-state index < -0.39 is 0 Å². The van der Waals surface area contributed by atoms with E-state index in [2.05, 4.69) is 17.4 Å². The SMILES string of the molecule is C[C@H](CCc1ccccc1)NC(=O)COc1ccc(Cl)cc1. The van der Waals surface area contributed by atoms with Gasteiger partial charge in [-0.25, -0.2) is 0 Å². The molecule has 1 atom stereocenters. The Kier molecular flexibility index (Phi) is 6.28.